The molecule has 5 rings (SSSR count). The summed E-state index contributed by atoms with van der Waals surface area (Å²) in [5, 5.41) is 4.17. The fourth-order valence-electron chi connectivity index (χ4n) is 5.29. The van der Waals surface area contributed by atoms with Gasteiger partial charge in [-0.1, -0.05) is 11.8 Å². The van der Waals surface area contributed by atoms with Gasteiger partial charge in [0.1, 0.15) is 11.6 Å². The first-order valence-corrected chi connectivity index (χ1v) is 14.9. The zero-order chi connectivity index (χ0) is 27.2. The van der Waals surface area contributed by atoms with Crippen molar-refractivity contribution in [2.24, 2.45) is 11.7 Å². The number of ether oxygens (including phenoxy) is 1. The van der Waals surface area contributed by atoms with E-state index in [1.807, 2.05) is 17.2 Å². The molecule has 3 N–H and O–H groups in total. The Morgan fingerprint density at radius 1 is 0.974 bits per heavy atom. The van der Waals surface area contributed by atoms with Gasteiger partial charge < -0.3 is 30.5 Å². The SMILES string of the molecule is CSc1nc(Nc2ccc(N3CCOCC3)cc2)cc(N2CCN(CC(=O)N3CCC(C(N)=O)CC3)CC2)n1. The van der Waals surface area contributed by atoms with Gasteiger partial charge in [0, 0.05) is 75.7 Å². The molecule has 0 bridgehead atoms. The van der Waals surface area contributed by atoms with Crippen LogP contribution in [0.4, 0.5) is 23.0 Å². The molecule has 0 saturated carbocycles. The predicted molar refractivity (Wildman–Crippen MR) is 154 cm³/mol. The van der Waals surface area contributed by atoms with Crippen LogP contribution in [0.15, 0.2) is 35.5 Å². The molecular weight excluding hydrogens is 516 g/mol. The Morgan fingerprint density at radius 3 is 2.31 bits per heavy atom. The van der Waals surface area contributed by atoms with E-state index in [1.165, 1.54) is 17.4 Å². The van der Waals surface area contributed by atoms with Crippen molar-refractivity contribution in [3.8, 4) is 0 Å². The maximum Gasteiger partial charge on any atom is 0.236 e. The average Bonchev–Trinajstić information content (AvgIpc) is 2.98. The summed E-state index contributed by atoms with van der Waals surface area (Å²) in [6.45, 7) is 8.13. The van der Waals surface area contributed by atoms with Crippen molar-refractivity contribution >= 4 is 46.6 Å². The van der Waals surface area contributed by atoms with E-state index in [0.717, 1.165) is 75.0 Å². The van der Waals surface area contributed by atoms with E-state index in [4.69, 9.17) is 15.5 Å². The third kappa shape index (κ3) is 7.11. The summed E-state index contributed by atoms with van der Waals surface area (Å²) < 4.78 is 5.46. The molecule has 0 radical (unpaired) electrons. The normalized spacial score (nSPS) is 19.3. The Bertz CT molecular complexity index is 1130. The summed E-state index contributed by atoms with van der Waals surface area (Å²) in [4.78, 5) is 42.3. The lowest BCUT2D eigenvalue weighted by Crippen LogP contribution is -2.51. The summed E-state index contributed by atoms with van der Waals surface area (Å²) in [6, 6.07) is 10.4. The van der Waals surface area contributed by atoms with E-state index in [-0.39, 0.29) is 17.7 Å². The molecule has 2 aromatic rings. The van der Waals surface area contributed by atoms with Gasteiger partial charge in [0.05, 0.1) is 19.8 Å². The van der Waals surface area contributed by atoms with Crippen LogP contribution in [0, 0.1) is 5.92 Å². The van der Waals surface area contributed by atoms with Gasteiger partial charge in [0.25, 0.3) is 0 Å². The van der Waals surface area contributed by atoms with Crippen molar-refractivity contribution in [1.29, 1.82) is 0 Å². The molecule has 3 aliphatic rings. The van der Waals surface area contributed by atoms with Crippen molar-refractivity contribution in [3.05, 3.63) is 30.3 Å². The van der Waals surface area contributed by atoms with E-state index in [2.05, 4.69) is 49.3 Å². The van der Waals surface area contributed by atoms with Crippen molar-refractivity contribution in [2.75, 3.05) is 93.5 Å². The Labute approximate surface area is 234 Å². The van der Waals surface area contributed by atoms with E-state index in [0.29, 0.717) is 32.5 Å². The molecule has 3 saturated heterocycles. The number of likely N-dealkylation sites (tertiary alicyclic amines) is 1. The molecule has 0 spiro atoms. The molecule has 0 unspecified atom stereocenters. The van der Waals surface area contributed by atoms with Crippen LogP contribution < -0.4 is 20.9 Å². The van der Waals surface area contributed by atoms with Crippen LogP contribution >= 0.6 is 11.8 Å². The van der Waals surface area contributed by atoms with Crippen molar-refractivity contribution in [2.45, 2.75) is 18.0 Å². The maximum absolute atomic E-state index is 12.8. The summed E-state index contributed by atoms with van der Waals surface area (Å²) in [5.41, 5.74) is 7.60. The van der Waals surface area contributed by atoms with Crippen LogP contribution in [-0.2, 0) is 14.3 Å². The number of primary amides is 1. The molecule has 4 heterocycles. The second-order valence-electron chi connectivity index (χ2n) is 10.2. The third-order valence-electron chi connectivity index (χ3n) is 7.70. The van der Waals surface area contributed by atoms with Gasteiger partial charge in [-0.05, 0) is 43.4 Å². The number of nitrogens with two attached hydrogens (primary N) is 1. The summed E-state index contributed by atoms with van der Waals surface area (Å²) in [7, 11) is 0. The molecule has 3 aliphatic heterocycles. The van der Waals surface area contributed by atoms with Crippen LogP contribution in [0.2, 0.25) is 0 Å². The lowest BCUT2D eigenvalue weighted by molar-refractivity contribution is -0.136. The minimum atomic E-state index is -0.257. The van der Waals surface area contributed by atoms with E-state index < -0.39 is 0 Å². The minimum Gasteiger partial charge on any atom is -0.378 e. The number of carbonyl (C=O) groups is 2. The molecule has 1 aromatic heterocycles. The number of nitrogens with one attached hydrogen (secondary N) is 1. The molecule has 11 nitrogen and oxygen atoms in total. The Morgan fingerprint density at radius 2 is 1.67 bits per heavy atom. The molecule has 2 amide bonds. The Kier molecular flexibility index (Phi) is 9.05. The van der Waals surface area contributed by atoms with Gasteiger partial charge in [-0.2, -0.15) is 0 Å². The molecule has 1 aromatic carbocycles. The number of morpholine rings is 1. The first-order chi connectivity index (χ1) is 19.0. The number of aromatic nitrogens is 2. The number of hydrogen-bond donors (Lipinski definition) is 2. The van der Waals surface area contributed by atoms with Gasteiger partial charge in [0.15, 0.2) is 5.16 Å². The number of benzene rings is 1. The number of piperidine rings is 1. The van der Waals surface area contributed by atoms with Crippen molar-refractivity contribution in [1.82, 2.24) is 19.8 Å². The summed E-state index contributed by atoms with van der Waals surface area (Å²) in [6.07, 6.45) is 3.30. The van der Waals surface area contributed by atoms with Crippen LogP contribution in [0.1, 0.15) is 12.8 Å². The zero-order valence-corrected chi connectivity index (χ0v) is 23.4. The highest BCUT2D eigenvalue weighted by Gasteiger charge is 2.28. The molecule has 3 fully saturated rings. The fraction of sp³-hybridized carbons (Fsp3) is 0.556. The largest absolute Gasteiger partial charge is 0.378 e. The Hall–Kier alpha value is -3.09. The minimum absolute atomic E-state index is 0.106. The van der Waals surface area contributed by atoms with Crippen molar-refractivity contribution in [3.63, 3.8) is 0 Å². The maximum atomic E-state index is 12.8. The van der Waals surface area contributed by atoms with Gasteiger partial charge in [-0.25, -0.2) is 9.97 Å². The molecule has 0 aliphatic carbocycles. The smallest absolute Gasteiger partial charge is 0.236 e. The lowest BCUT2D eigenvalue weighted by Gasteiger charge is -2.37. The monoisotopic (exact) mass is 554 g/mol. The number of thioether (sulfide) groups is 1. The average molecular weight is 555 g/mol. The van der Waals surface area contributed by atoms with E-state index in [9.17, 15) is 9.59 Å². The number of nitrogens with zero attached hydrogens (tertiary/aromatic N) is 6. The second kappa shape index (κ2) is 12.8. The number of anilines is 4. The van der Waals surface area contributed by atoms with Crippen LogP contribution in [0.25, 0.3) is 0 Å². The highest BCUT2D eigenvalue weighted by molar-refractivity contribution is 7.98. The van der Waals surface area contributed by atoms with Crippen LogP contribution in [0.3, 0.4) is 0 Å². The number of carbonyl (C=O) groups excluding carboxylic acids is 2. The highest BCUT2D eigenvalue weighted by atomic mass is 32.2. The van der Waals surface area contributed by atoms with Gasteiger partial charge >= 0.3 is 0 Å². The summed E-state index contributed by atoms with van der Waals surface area (Å²) in [5.74, 6) is 1.42. The molecule has 12 heteroatoms. The second-order valence-corrected chi connectivity index (χ2v) is 11.0. The first kappa shape index (κ1) is 27.5. The Balaban J connectivity index is 1.15. The highest BCUT2D eigenvalue weighted by Crippen LogP contribution is 2.26. The lowest BCUT2D eigenvalue weighted by atomic mass is 9.96. The van der Waals surface area contributed by atoms with Gasteiger partial charge in [-0.3, -0.25) is 14.5 Å². The topological polar surface area (TPSA) is 120 Å². The number of amides is 2. The molecular formula is C27H38N8O3S. The third-order valence-corrected chi connectivity index (χ3v) is 8.24. The quantitative estimate of drug-likeness (QED) is 0.368. The van der Waals surface area contributed by atoms with Crippen molar-refractivity contribution < 1.29 is 14.3 Å². The number of rotatable bonds is 8. The molecule has 210 valence electrons. The first-order valence-electron chi connectivity index (χ1n) is 13.7. The van der Waals surface area contributed by atoms with Crippen LogP contribution in [-0.4, -0.2) is 110 Å². The molecule has 0 atom stereocenters. The van der Waals surface area contributed by atoms with Gasteiger partial charge in [0.2, 0.25) is 11.8 Å². The molecule has 39 heavy (non-hydrogen) atoms. The fourth-order valence-corrected chi connectivity index (χ4v) is 5.67. The van der Waals surface area contributed by atoms with E-state index >= 15 is 0 Å². The number of piperazine rings is 1. The predicted octanol–water partition coefficient (Wildman–Crippen LogP) is 1.62. The van der Waals surface area contributed by atoms with Gasteiger partial charge in [-0.15, -0.1) is 0 Å². The zero-order valence-electron chi connectivity index (χ0n) is 22.6. The standard InChI is InChI=1S/C27H38N8O3S/c1-39-27-30-23(29-21-2-4-22(5-3-21)33-14-16-38-17-15-33)18-24(31-27)34-12-10-32(11-13-34)19-25(36)35-8-6-20(7-9-35)26(28)37/h2-5,18,20H,6-17,19H2,1H3,(H2,28,37)(H,29,30,31). The van der Waals surface area contributed by atoms with Crippen LogP contribution in [0.5, 0.6) is 0 Å². The van der Waals surface area contributed by atoms with E-state index in [1.54, 1.807) is 0 Å². The number of hydrogen-bond acceptors (Lipinski definition) is 10. The summed E-state index contributed by atoms with van der Waals surface area (Å²) >= 11 is 1.52.